The minimum Gasteiger partial charge on any atom is -0.383 e. The molecule has 0 saturated carbocycles. The monoisotopic (exact) mass is 520 g/mol. The molecule has 1 heterocycles. The maximum Gasteiger partial charge on any atom is 0.191 e. The second kappa shape index (κ2) is 16.7. The fourth-order valence-corrected chi connectivity index (χ4v) is 2.91. The Morgan fingerprint density at radius 3 is 2.69 bits per heavy atom. The third-order valence-corrected chi connectivity index (χ3v) is 4.44. The van der Waals surface area contributed by atoms with Gasteiger partial charge in [0.25, 0.3) is 0 Å². The van der Waals surface area contributed by atoms with Gasteiger partial charge in [0.05, 0.1) is 25.9 Å². The van der Waals surface area contributed by atoms with Gasteiger partial charge in [-0.2, -0.15) is 0 Å². The van der Waals surface area contributed by atoms with E-state index >= 15 is 0 Å². The van der Waals surface area contributed by atoms with E-state index in [4.69, 9.17) is 14.2 Å². The molecule has 1 aromatic rings. The molecule has 2 rings (SSSR count). The van der Waals surface area contributed by atoms with E-state index in [9.17, 15) is 0 Å². The van der Waals surface area contributed by atoms with Crippen LogP contribution in [0.1, 0.15) is 31.7 Å². The Kier molecular flexibility index (Phi) is 14.9. The Morgan fingerprint density at radius 2 is 2.00 bits per heavy atom. The first kappa shape index (κ1) is 25.9. The molecule has 1 aliphatic rings. The number of aliphatic imine (C=N–C) groups is 1. The first-order valence-electron chi connectivity index (χ1n) is 10.3. The standard InChI is InChI=1S/C21H36N4O3.HI/c1-3-22-21(24-11-5-13-27-17-20-6-4-14-28-20)25-16-18-7-9-19(10-8-18)23-12-15-26-2;/h7-10,20,23H,3-6,11-17H2,1-2H3,(H2,22,24,25);1H. The van der Waals surface area contributed by atoms with Crippen LogP contribution in [0.25, 0.3) is 0 Å². The van der Waals surface area contributed by atoms with Gasteiger partial charge in [0.2, 0.25) is 0 Å². The summed E-state index contributed by atoms with van der Waals surface area (Å²) < 4.78 is 16.3. The van der Waals surface area contributed by atoms with Crippen LogP contribution >= 0.6 is 24.0 Å². The molecule has 1 saturated heterocycles. The van der Waals surface area contributed by atoms with Crippen molar-refractivity contribution in [1.82, 2.24) is 10.6 Å². The third kappa shape index (κ3) is 11.6. The molecule has 1 atom stereocenters. The van der Waals surface area contributed by atoms with E-state index in [1.54, 1.807) is 7.11 Å². The first-order valence-corrected chi connectivity index (χ1v) is 10.3. The van der Waals surface area contributed by atoms with Crippen LogP contribution < -0.4 is 16.0 Å². The van der Waals surface area contributed by atoms with Crippen LogP contribution in [0.4, 0.5) is 5.69 Å². The zero-order valence-corrected chi connectivity index (χ0v) is 20.1. The highest BCUT2D eigenvalue weighted by atomic mass is 127. The summed E-state index contributed by atoms with van der Waals surface area (Å²) in [6, 6.07) is 8.35. The highest BCUT2D eigenvalue weighted by molar-refractivity contribution is 14.0. The molecule has 7 nitrogen and oxygen atoms in total. The zero-order chi connectivity index (χ0) is 19.9. The molecule has 0 bridgehead atoms. The van der Waals surface area contributed by atoms with Crippen LogP contribution in [0.5, 0.6) is 0 Å². The summed E-state index contributed by atoms with van der Waals surface area (Å²) >= 11 is 0. The fraction of sp³-hybridized carbons (Fsp3) is 0.667. The largest absolute Gasteiger partial charge is 0.383 e. The number of rotatable bonds is 13. The molecule has 0 spiro atoms. The molecule has 166 valence electrons. The van der Waals surface area contributed by atoms with E-state index in [0.717, 1.165) is 63.8 Å². The average molecular weight is 520 g/mol. The molecular formula is C21H37IN4O3. The highest BCUT2D eigenvalue weighted by Gasteiger charge is 2.14. The van der Waals surface area contributed by atoms with Crippen molar-refractivity contribution >= 4 is 35.6 Å². The molecule has 1 aliphatic heterocycles. The fourth-order valence-electron chi connectivity index (χ4n) is 2.91. The predicted octanol–water partition coefficient (Wildman–Crippen LogP) is 3.00. The number of benzene rings is 1. The minimum atomic E-state index is 0. The van der Waals surface area contributed by atoms with Crippen molar-refractivity contribution in [3.63, 3.8) is 0 Å². The summed E-state index contributed by atoms with van der Waals surface area (Å²) in [5.74, 6) is 0.837. The summed E-state index contributed by atoms with van der Waals surface area (Å²) in [4.78, 5) is 4.66. The number of nitrogens with zero attached hydrogens (tertiary/aromatic N) is 1. The smallest absolute Gasteiger partial charge is 0.191 e. The summed E-state index contributed by atoms with van der Waals surface area (Å²) in [7, 11) is 1.71. The molecular weight excluding hydrogens is 483 g/mol. The lowest BCUT2D eigenvalue weighted by molar-refractivity contribution is 0.0168. The van der Waals surface area contributed by atoms with Crippen molar-refractivity contribution in [2.75, 3.05) is 58.5 Å². The van der Waals surface area contributed by atoms with Crippen LogP contribution in [0.15, 0.2) is 29.3 Å². The lowest BCUT2D eigenvalue weighted by atomic mass is 10.2. The van der Waals surface area contributed by atoms with Gasteiger partial charge in [-0.3, -0.25) is 0 Å². The Bertz CT molecular complexity index is 551. The van der Waals surface area contributed by atoms with Crippen LogP contribution in [-0.2, 0) is 20.8 Å². The van der Waals surface area contributed by atoms with Gasteiger partial charge in [-0.25, -0.2) is 4.99 Å². The number of methoxy groups -OCH3 is 1. The van der Waals surface area contributed by atoms with Gasteiger partial charge in [-0.05, 0) is 43.9 Å². The number of anilines is 1. The quantitative estimate of drug-likeness (QED) is 0.161. The van der Waals surface area contributed by atoms with Crippen molar-refractivity contribution in [3.8, 4) is 0 Å². The van der Waals surface area contributed by atoms with Gasteiger partial charge < -0.3 is 30.2 Å². The number of halogens is 1. The Labute approximate surface area is 192 Å². The molecule has 0 radical (unpaired) electrons. The molecule has 1 aromatic carbocycles. The summed E-state index contributed by atoms with van der Waals surface area (Å²) in [5, 5.41) is 9.97. The molecule has 0 aromatic heterocycles. The minimum absolute atomic E-state index is 0. The van der Waals surface area contributed by atoms with E-state index < -0.39 is 0 Å². The average Bonchev–Trinajstić information content (AvgIpc) is 3.23. The van der Waals surface area contributed by atoms with Gasteiger partial charge in [-0.15, -0.1) is 24.0 Å². The van der Waals surface area contributed by atoms with Gasteiger partial charge in [-0.1, -0.05) is 12.1 Å². The summed E-state index contributed by atoms with van der Waals surface area (Å²) in [5.41, 5.74) is 2.27. The second-order valence-corrected chi connectivity index (χ2v) is 6.80. The van der Waals surface area contributed by atoms with Crippen LogP contribution in [0, 0.1) is 0 Å². The van der Waals surface area contributed by atoms with Crippen LogP contribution in [-0.4, -0.2) is 65.2 Å². The maximum atomic E-state index is 5.70. The van der Waals surface area contributed by atoms with Crippen molar-refractivity contribution < 1.29 is 14.2 Å². The first-order chi connectivity index (χ1) is 13.8. The number of guanidine groups is 1. The maximum absolute atomic E-state index is 5.70. The lowest BCUT2D eigenvalue weighted by Crippen LogP contribution is -2.38. The van der Waals surface area contributed by atoms with Gasteiger partial charge >= 0.3 is 0 Å². The molecule has 3 N–H and O–H groups in total. The number of ether oxygens (including phenoxy) is 3. The van der Waals surface area contributed by atoms with Gasteiger partial charge in [0.1, 0.15) is 0 Å². The lowest BCUT2D eigenvalue weighted by Gasteiger charge is -2.13. The molecule has 1 fully saturated rings. The van der Waals surface area contributed by atoms with E-state index in [0.29, 0.717) is 25.9 Å². The Balaban J connectivity index is 0.00000420. The highest BCUT2D eigenvalue weighted by Crippen LogP contribution is 2.12. The van der Waals surface area contributed by atoms with Crippen LogP contribution in [0.3, 0.4) is 0 Å². The number of nitrogens with one attached hydrogen (secondary N) is 3. The third-order valence-electron chi connectivity index (χ3n) is 4.44. The SMILES string of the molecule is CCNC(=NCc1ccc(NCCOC)cc1)NCCCOCC1CCCO1.I. The Hall–Kier alpha value is -1.10. The van der Waals surface area contributed by atoms with E-state index in [1.165, 1.54) is 5.56 Å². The Morgan fingerprint density at radius 1 is 1.17 bits per heavy atom. The van der Waals surface area contributed by atoms with Gasteiger partial charge in [0, 0.05) is 45.6 Å². The molecule has 29 heavy (non-hydrogen) atoms. The van der Waals surface area contributed by atoms with Crippen molar-refractivity contribution in [2.45, 2.75) is 38.8 Å². The molecule has 1 unspecified atom stereocenters. The van der Waals surface area contributed by atoms with E-state index in [1.807, 2.05) is 0 Å². The molecule has 0 amide bonds. The van der Waals surface area contributed by atoms with E-state index in [2.05, 4.69) is 52.1 Å². The second-order valence-electron chi connectivity index (χ2n) is 6.80. The topological polar surface area (TPSA) is 76.1 Å². The van der Waals surface area contributed by atoms with Crippen molar-refractivity contribution in [3.05, 3.63) is 29.8 Å². The summed E-state index contributed by atoms with van der Waals surface area (Å²) in [6.07, 6.45) is 3.53. The van der Waals surface area contributed by atoms with Crippen molar-refractivity contribution in [1.29, 1.82) is 0 Å². The summed E-state index contributed by atoms with van der Waals surface area (Å²) in [6.45, 7) is 8.22. The van der Waals surface area contributed by atoms with Crippen LogP contribution in [0.2, 0.25) is 0 Å². The van der Waals surface area contributed by atoms with Gasteiger partial charge in [0.15, 0.2) is 5.96 Å². The predicted molar refractivity (Wildman–Crippen MR) is 129 cm³/mol. The van der Waals surface area contributed by atoms with E-state index in [-0.39, 0.29) is 24.0 Å². The number of hydrogen-bond acceptors (Lipinski definition) is 5. The zero-order valence-electron chi connectivity index (χ0n) is 17.7. The normalized spacial score (nSPS) is 16.3. The van der Waals surface area contributed by atoms with Crippen molar-refractivity contribution in [2.24, 2.45) is 4.99 Å². The molecule has 8 heteroatoms. The number of hydrogen-bond donors (Lipinski definition) is 3. The molecule has 0 aliphatic carbocycles.